The number of carbonyl (C=O) groups excluding carboxylic acids is 4. The van der Waals surface area contributed by atoms with Gasteiger partial charge in [-0.2, -0.15) is 0 Å². The number of carbonyl (C=O) groups is 4. The van der Waals surface area contributed by atoms with Crippen LogP contribution < -0.4 is 15.2 Å². The second-order valence-corrected chi connectivity index (χ2v) is 9.12. The van der Waals surface area contributed by atoms with E-state index < -0.39 is 42.7 Å². The third-order valence-corrected chi connectivity index (χ3v) is 5.55. The Morgan fingerprint density at radius 1 is 0.700 bits per heavy atom. The van der Waals surface area contributed by atoms with Crippen LogP contribution in [0.25, 0.3) is 0 Å². The molecule has 0 spiro atoms. The number of hydrogen-bond donors (Lipinski definition) is 1. The Balaban J connectivity index is 2.84. The maximum atomic E-state index is 12.6. The van der Waals surface area contributed by atoms with Gasteiger partial charge in [0, 0.05) is 0 Å². The highest BCUT2D eigenvalue weighted by atomic mass is 16.7. The van der Waals surface area contributed by atoms with Gasteiger partial charge in [-0.15, -0.1) is 0 Å². The molecule has 226 valence electrons. The number of rotatable bonds is 17. The first-order chi connectivity index (χ1) is 19.1. The van der Waals surface area contributed by atoms with Crippen LogP contribution in [0, 0.1) is 0 Å². The average Bonchev–Trinajstić information content (AvgIpc) is 2.90. The van der Waals surface area contributed by atoms with E-state index >= 15 is 0 Å². The van der Waals surface area contributed by atoms with Gasteiger partial charge in [0.15, 0.2) is 11.5 Å². The number of esters is 1. The standard InChI is InChI=1S/C28H43NO11/c1-6-9-14-34-26(31)38-20(5)19(4)37-25(30)22(29)17-21-12-13-23(39-27(32)35-15-10-7-2)24(18-21)40-28(33)36-16-11-8-3/h12-13,18-20,22H,6-11,14-17,29H2,1-5H3/t19-,20-,22-/m0/s1. The van der Waals surface area contributed by atoms with E-state index in [2.05, 4.69) is 0 Å². The summed E-state index contributed by atoms with van der Waals surface area (Å²) >= 11 is 0. The average molecular weight is 570 g/mol. The summed E-state index contributed by atoms with van der Waals surface area (Å²) < 4.78 is 35.9. The molecule has 0 fully saturated rings. The highest BCUT2D eigenvalue weighted by Gasteiger charge is 2.25. The maximum Gasteiger partial charge on any atom is 0.513 e. The second kappa shape index (κ2) is 19.5. The van der Waals surface area contributed by atoms with Crippen LogP contribution >= 0.6 is 0 Å². The van der Waals surface area contributed by atoms with Crippen molar-refractivity contribution in [3.8, 4) is 11.5 Å². The molecular formula is C28H43NO11. The molecule has 0 aromatic heterocycles. The lowest BCUT2D eigenvalue weighted by molar-refractivity contribution is -0.155. The van der Waals surface area contributed by atoms with Crippen molar-refractivity contribution in [3.63, 3.8) is 0 Å². The monoisotopic (exact) mass is 569 g/mol. The van der Waals surface area contributed by atoms with Gasteiger partial charge in [-0.1, -0.05) is 46.1 Å². The Bertz CT molecular complexity index is 937. The molecule has 0 aliphatic rings. The van der Waals surface area contributed by atoms with Crippen LogP contribution in [0.15, 0.2) is 18.2 Å². The van der Waals surface area contributed by atoms with Crippen LogP contribution in [0.1, 0.15) is 78.7 Å². The predicted molar refractivity (Wildman–Crippen MR) is 144 cm³/mol. The van der Waals surface area contributed by atoms with Gasteiger partial charge in [0.25, 0.3) is 0 Å². The zero-order valence-corrected chi connectivity index (χ0v) is 24.1. The van der Waals surface area contributed by atoms with Crippen molar-refractivity contribution in [2.75, 3.05) is 19.8 Å². The summed E-state index contributed by atoms with van der Waals surface area (Å²) in [5, 5.41) is 0. The Hall–Kier alpha value is -3.54. The molecule has 0 saturated carbocycles. The van der Waals surface area contributed by atoms with E-state index in [0.29, 0.717) is 24.8 Å². The smallest absolute Gasteiger partial charge is 0.458 e. The quantitative estimate of drug-likeness (QED) is 0.109. The summed E-state index contributed by atoms with van der Waals surface area (Å²) in [6.45, 7) is 9.58. The van der Waals surface area contributed by atoms with Gasteiger partial charge in [-0.3, -0.25) is 4.79 Å². The van der Waals surface area contributed by atoms with E-state index in [1.54, 1.807) is 19.9 Å². The zero-order chi connectivity index (χ0) is 29.9. The number of hydrogen-bond acceptors (Lipinski definition) is 12. The molecule has 0 aliphatic carbocycles. The lowest BCUT2D eigenvalue weighted by atomic mass is 10.1. The highest BCUT2D eigenvalue weighted by molar-refractivity contribution is 5.76. The zero-order valence-electron chi connectivity index (χ0n) is 24.1. The molecule has 0 heterocycles. The summed E-state index contributed by atoms with van der Waals surface area (Å²) in [5.41, 5.74) is 6.54. The summed E-state index contributed by atoms with van der Waals surface area (Å²) in [7, 11) is 0. The van der Waals surface area contributed by atoms with Gasteiger partial charge in [0.2, 0.25) is 0 Å². The molecule has 0 bridgehead atoms. The normalized spacial score (nSPS) is 12.8. The van der Waals surface area contributed by atoms with Crippen molar-refractivity contribution in [1.82, 2.24) is 0 Å². The minimum absolute atomic E-state index is 0.00230. The van der Waals surface area contributed by atoms with Crippen LogP contribution in [0.2, 0.25) is 0 Å². The largest absolute Gasteiger partial charge is 0.513 e. The molecule has 2 N–H and O–H groups in total. The molecule has 3 atom stereocenters. The lowest BCUT2D eigenvalue weighted by Crippen LogP contribution is -2.39. The molecular weight excluding hydrogens is 526 g/mol. The summed E-state index contributed by atoms with van der Waals surface area (Å²) in [6.07, 6.45) is 0.232. The molecule has 0 aliphatic heterocycles. The molecule has 0 radical (unpaired) electrons. The lowest BCUT2D eigenvalue weighted by Gasteiger charge is -2.22. The van der Waals surface area contributed by atoms with E-state index in [4.69, 9.17) is 38.9 Å². The number of ether oxygens (including phenoxy) is 7. The van der Waals surface area contributed by atoms with Gasteiger partial charge < -0.3 is 38.9 Å². The fourth-order valence-electron chi connectivity index (χ4n) is 2.97. The van der Waals surface area contributed by atoms with Crippen LogP contribution in [0.5, 0.6) is 11.5 Å². The summed E-state index contributed by atoms with van der Waals surface area (Å²) in [5.74, 6) is -0.910. The molecule has 1 aromatic carbocycles. The first-order valence-electron chi connectivity index (χ1n) is 13.7. The Labute approximate surface area is 235 Å². The van der Waals surface area contributed by atoms with Crippen molar-refractivity contribution < 1.29 is 52.3 Å². The molecule has 0 amide bonds. The highest BCUT2D eigenvalue weighted by Crippen LogP contribution is 2.30. The fraction of sp³-hybridized carbons (Fsp3) is 0.643. The van der Waals surface area contributed by atoms with Crippen molar-refractivity contribution in [1.29, 1.82) is 0 Å². The second-order valence-electron chi connectivity index (χ2n) is 9.12. The van der Waals surface area contributed by atoms with E-state index in [1.165, 1.54) is 12.1 Å². The van der Waals surface area contributed by atoms with Crippen molar-refractivity contribution in [2.24, 2.45) is 5.73 Å². The third kappa shape index (κ3) is 14.0. The molecule has 12 heteroatoms. The molecule has 40 heavy (non-hydrogen) atoms. The SMILES string of the molecule is CCCCOC(=O)Oc1ccc(C[C@H](N)C(=O)O[C@@H](C)[C@H](C)OC(=O)OCCCC)cc1OC(=O)OCCCC. The van der Waals surface area contributed by atoms with Crippen LogP contribution in [-0.4, -0.2) is 62.5 Å². The Morgan fingerprint density at radius 3 is 1.70 bits per heavy atom. The summed E-state index contributed by atoms with van der Waals surface area (Å²) in [6, 6.07) is 3.26. The van der Waals surface area contributed by atoms with Gasteiger partial charge in [-0.25, -0.2) is 14.4 Å². The fourth-order valence-corrected chi connectivity index (χ4v) is 2.97. The van der Waals surface area contributed by atoms with Gasteiger partial charge >= 0.3 is 24.4 Å². The molecule has 1 rings (SSSR count). The minimum atomic E-state index is -1.10. The number of unbranched alkanes of at least 4 members (excludes halogenated alkanes) is 3. The maximum absolute atomic E-state index is 12.6. The molecule has 0 unspecified atom stereocenters. The van der Waals surface area contributed by atoms with Crippen molar-refractivity contribution >= 4 is 24.4 Å². The Morgan fingerprint density at radius 2 is 1.18 bits per heavy atom. The van der Waals surface area contributed by atoms with Gasteiger partial charge in [0.1, 0.15) is 18.2 Å². The predicted octanol–water partition coefficient (Wildman–Crippen LogP) is 5.46. The van der Waals surface area contributed by atoms with E-state index in [0.717, 1.165) is 19.3 Å². The summed E-state index contributed by atoms with van der Waals surface area (Å²) in [4.78, 5) is 48.5. The minimum Gasteiger partial charge on any atom is -0.458 e. The van der Waals surface area contributed by atoms with Gasteiger partial charge in [0.05, 0.1) is 19.8 Å². The van der Waals surface area contributed by atoms with Crippen molar-refractivity contribution in [3.05, 3.63) is 23.8 Å². The van der Waals surface area contributed by atoms with Crippen molar-refractivity contribution in [2.45, 2.75) is 97.8 Å². The first kappa shape index (κ1) is 34.5. The Kier molecular flexibility index (Phi) is 16.8. The van der Waals surface area contributed by atoms with Crippen LogP contribution in [-0.2, 0) is 34.9 Å². The topological polar surface area (TPSA) is 159 Å². The van der Waals surface area contributed by atoms with E-state index in [9.17, 15) is 19.2 Å². The van der Waals surface area contributed by atoms with Crippen LogP contribution in [0.4, 0.5) is 14.4 Å². The molecule has 12 nitrogen and oxygen atoms in total. The first-order valence-corrected chi connectivity index (χ1v) is 13.7. The van der Waals surface area contributed by atoms with E-state index in [-0.39, 0.29) is 37.7 Å². The number of benzene rings is 1. The van der Waals surface area contributed by atoms with Gasteiger partial charge in [-0.05, 0) is 57.2 Å². The van der Waals surface area contributed by atoms with E-state index in [1.807, 2.05) is 20.8 Å². The number of nitrogens with two attached hydrogens (primary N) is 1. The molecule has 0 saturated heterocycles. The third-order valence-electron chi connectivity index (χ3n) is 5.55. The molecule has 1 aromatic rings. The van der Waals surface area contributed by atoms with Crippen LogP contribution in [0.3, 0.4) is 0 Å².